The minimum atomic E-state index is -0.394. The zero-order valence-electron chi connectivity index (χ0n) is 16.0. The predicted octanol–water partition coefficient (Wildman–Crippen LogP) is 3.10. The number of nitrogens with zero attached hydrogens (tertiary/aromatic N) is 2. The summed E-state index contributed by atoms with van der Waals surface area (Å²) in [6.07, 6.45) is 1.74. The van der Waals surface area contributed by atoms with Crippen LogP contribution in [0.1, 0.15) is 53.0 Å². The molecular formula is C21H24N4O2. The maximum Gasteiger partial charge on any atom is 0.287 e. The number of carbonyl (C=O) groups is 2. The van der Waals surface area contributed by atoms with Crippen molar-refractivity contribution in [2.45, 2.75) is 39.8 Å². The van der Waals surface area contributed by atoms with Crippen molar-refractivity contribution >= 4 is 17.3 Å². The van der Waals surface area contributed by atoms with E-state index in [1.54, 1.807) is 22.7 Å². The van der Waals surface area contributed by atoms with Crippen LogP contribution in [0.5, 0.6) is 0 Å². The molecule has 27 heavy (non-hydrogen) atoms. The van der Waals surface area contributed by atoms with Crippen molar-refractivity contribution in [3.63, 3.8) is 0 Å². The molecule has 0 spiro atoms. The second-order valence-corrected chi connectivity index (χ2v) is 7.55. The third-order valence-corrected chi connectivity index (χ3v) is 4.16. The maximum atomic E-state index is 12.7. The van der Waals surface area contributed by atoms with E-state index in [1.165, 1.54) is 0 Å². The smallest absolute Gasteiger partial charge is 0.287 e. The lowest BCUT2D eigenvalue weighted by Crippen LogP contribution is -2.40. The van der Waals surface area contributed by atoms with E-state index in [0.717, 1.165) is 11.1 Å². The lowest BCUT2D eigenvalue weighted by atomic mass is 10.1. The van der Waals surface area contributed by atoms with Gasteiger partial charge in [-0.2, -0.15) is 0 Å². The summed E-state index contributed by atoms with van der Waals surface area (Å²) in [5.74, 6) is -0.434. The number of aromatic nitrogens is 2. The number of rotatable bonds is 4. The Kier molecular flexibility index (Phi) is 4.99. The fourth-order valence-corrected chi connectivity index (χ4v) is 2.83. The van der Waals surface area contributed by atoms with Crippen molar-refractivity contribution in [1.82, 2.24) is 20.0 Å². The van der Waals surface area contributed by atoms with Crippen LogP contribution in [0.15, 0.2) is 48.7 Å². The number of hydrogen-bond acceptors (Lipinski definition) is 3. The SMILES string of the molecule is Cc1ccccc1CNC(=O)c1nc(C(=O)NC(C)(C)C)c2ccccn12. The summed E-state index contributed by atoms with van der Waals surface area (Å²) in [6.45, 7) is 8.11. The van der Waals surface area contributed by atoms with Gasteiger partial charge in [0, 0.05) is 18.3 Å². The Bertz CT molecular complexity index is 999. The lowest BCUT2D eigenvalue weighted by Gasteiger charge is -2.19. The van der Waals surface area contributed by atoms with Crippen LogP contribution in [0.25, 0.3) is 5.52 Å². The van der Waals surface area contributed by atoms with Crippen LogP contribution in [0.2, 0.25) is 0 Å². The standard InChI is InChI=1S/C21H24N4O2/c1-14-9-5-6-10-15(14)13-22-20(27)18-23-17(19(26)24-21(2,3)4)16-11-7-8-12-25(16)18/h5-12H,13H2,1-4H3,(H,22,27)(H,24,26). The highest BCUT2D eigenvalue weighted by atomic mass is 16.2. The summed E-state index contributed by atoms with van der Waals surface area (Å²) >= 11 is 0. The first-order valence-corrected chi connectivity index (χ1v) is 8.88. The molecule has 3 aromatic rings. The first-order valence-electron chi connectivity index (χ1n) is 8.88. The predicted molar refractivity (Wildman–Crippen MR) is 105 cm³/mol. The van der Waals surface area contributed by atoms with E-state index in [2.05, 4.69) is 15.6 Å². The Morgan fingerprint density at radius 2 is 1.74 bits per heavy atom. The second kappa shape index (κ2) is 7.23. The van der Waals surface area contributed by atoms with Gasteiger partial charge < -0.3 is 10.6 Å². The fraction of sp³-hybridized carbons (Fsp3) is 0.286. The number of imidazole rings is 1. The van der Waals surface area contributed by atoms with Gasteiger partial charge in [-0.1, -0.05) is 30.3 Å². The number of pyridine rings is 1. The molecule has 0 bridgehead atoms. The van der Waals surface area contributed by atoms with Crippen LogP contribution >= 0.6 is 0 Å². The molecule has 3 rings (SSSR count). The van der Waals surface area contributed by atoms with Crippen LogP contribution in [0.3, 0.4) is 0 Å². The number of hydrogen-bond donors (Lipinski definition) is 2. The van der Waals surface area contributed by atoms with E-state index in [4.69, 9.17) is 0 Å². The van der Waals surface area contributed by atoms with Crippen molar-refractivity contribution in [2.24, 2.45) is 0 Å². The highest BCUT2D eigenvalue weighted by Crippen LogP contribution is 2.15. The molecule has 0 fully saturated rings. The van der Waals surface area contributed by atoms with E-state index in [0.29, 0.717) is 12.1 Å². The molecule has 1 aromatic carbocycles. The molecule has 0 aliphatic heterocycles. The number of amides is 2. The highest BCUT2D eigenvalue weighted by molar-refractivity contribution is 6.02. The summed E-state index contributed by atoms with van der Waals surface area (Å²) in [6, 6.07) is 13.3. The van der Waals surface area contributed by atoms with Gasteiger partial charge in [0.2, 0.25) is 5.82 Å². The molecule has 2 amide bonds. The largest absolute Gasteiger partial charge is 0.346 e. The molecule has 0 aliphatic carbocycles. The normalized spacial score (nSPS) is 11.4. The molecule has 6 nitrogen and oxygen atoms in total. The van der Waals surface area contributed by atoms with Gasteiger partial charge >= 0.3 is 0 Å². The molecule has 0 saturated heterocycles. The summed E-state index contributed by atoms with van der Waals surface area (Å²) < 4.78 is 1.64. The fourth-order valence-electron chi connectivity index (χ4n) is 2.83. The summed E-state index contributed by atoms with van der Waals surface area (Å²) in [4.78, 5) is 29.7. The molecule has 2 heterocycles. The Hall–Kier alpha value is -3.15. The number of carbonyl (C=O) groups excluding carboxylic acids is 2. The summed E-state index contributed by atoms with van der Waals surface area (Å²) in [5.41, 5.74) is 2.59. The van der Waals surface area contributed by atoms with Gasteiger partial charge in [0.25, 0.3) is 11.8 Å². The van der Waals surface area contributed by atoms with E-state index in [1.807, 2.05) is 58.0 Å². The summed E-state index contributed by atoms with van der Waals surface area (Å²) in [7, 11) is 0. The Morgan fingerprint density at radius 1 is 1.04 bits per heavy atom. The molecular weight excluding hydrogens is 340 g/mol. The third kappa shape index (κ3) is 4.16. The number of aryl methyl sites for hydroxylation is 1. The molecule has 0 saturated carbocycles. The number of nitrogens with one attached hydrogen (secondary N) is 2. The Balaban J connectivity index is 1.89. The average molecular weight is 364 g/mol. The molecule has 2 aromatic heterocycles. The second-order valence-electron chi connectivity index (χ2n) is 7.55. The van der Waals surface area contributed by atoms with Gasteiger partial charge in [-0.05, 0) is 51.0 Å². The van der Waals surface area contributed by atoms with Gasteiger partial charge in [0.15, 0.2) is 5.69 Å². The van der Waals surface area contributed by atoms with Gasteiger partial charge in [0.05, 0.1) is 5.52 Å². The van der Waals surface area contributed by atoms with Crippen molar-refractivity contribution in [1.29, 1.82) is 0 Å². The maximum absolute atomic E-state index is 12.7. The van der Waals surface area contributed by atoms with Crippen molar-refractivity contribution < 1.29 is 9.59 Å². The van der Waals surface area contributed by atoms with E-state index in [9.17, 15) is 9.59 Å². The van der Waals surface area contributed by atoms with E-state index >= 15 is 0 Å². The Labute approximate surface area is 158 Å². The quantitative estimate of drug-likeness (QED) is 0.747. The van der Waals surface area contributed by atoms with Crippen molar-refractivity contribution in [3.05, 3.63) is 71.3 Å². The topological polar surface area (TPSA) is 75.5 Å². The minimum Gasteiger partial charge on any atom is -0.346 e. The van der Waals surface area contributed by atoms with E-state index < -0.39 is 5.54 Å². The zero-order valence-corrected chi connectivity index (χ0v) is 16.0. The monoisotopic (exact) mass is 364 g/mol. The molecule has 6 heteroatoms. The van der Waals surface area contributed by atoms with Crippen LogP contribution in [-0.2, 0) is 6.54 Å². The van der Waals surface area contributed by atoms with Crippen molar-refractivity contribution in [3.8, 4) is 0 Å². The zero-order chi connectivity index (χ0) is 19.6. The average Bonchev–Trinajstić information content (AvgIpc) is 2.99. The molecule has 0 radical (unpaired) electrons. The molecule has 140 valence electrons. The van der Waals surface area contributed by atoms with Crippen LogP contribution in [0.4, 0.5) is 0 Å². The summed E-state index contributed by atoms with van der Waals surface area (Å²) in [5, 5.41) is 5.79. The van der Waals surface area contributed by atoms with Gasteiger partial charge in [0.1, 0.15) is 0 Å². The first kappa shape index (κ1) is 18.6. The van der Waals surface area contributed by atoms with Gasteiger partial charge in [-0.15, -0.1) is 0 Å². The van der Waals surface area contributed by atoms with Gasteiger partial charge in [-0.3, -0.25) is 14.0 Å². The molecule has 0 unspecified atom stereocenters. The lowest BCUT2D eigenvalue weighted by molar-refractivity contribution is 0.0916. The number of benzene rings is 1. The Morgan fingerprint density at radius 3 is 2.44 bits per heavy atom. The van der Waals surface area contributed by atoms with Gasteiger partial charge in [-0.25, -0.2) is 4.98 Å². The van der Waals surface area contributed by atoms with Crippen LogP contribution in [0, 0.1) is 6.92 Å². The molecule has 0 atom stereocenters. The highest BCUT2D eigenvalue weighted by Gasteiger charge is 2.24. The van der Waals surface area contributed by atoms with Crippen LogP contribution in [-0.4, -0.2) is 26.7 Å². The number of fused-ring (bicyclic) bond motifs is 1. The third-order valence-electron chi connectivity index (χ3n) is 4.16. The van der Waals surface area contributed by atoms with Crippen LogP contribution < -0.4 is 10.6 Å². The first-order chi connectivity index (χ1) is 12.8. The molecule has 2 N–H and O–H groups in total. The minimum absolute atomic E-state index is 0.193. The van der Waals surface area contributed by atoms with Crippen molar-refractivity contribution in [2.75, 3.05) is 0 Å². The van der Waals surface area contributed by atoms with E-state index in [-0.39, 0.29) is 23.3 Å². The molecule has 0 aliphatic rings.